The highest BCUT2D eigenvalue weighted by molar-refractivity contribution is 4.34. The van der Waals surface area contributed by atoms with E-state index in [4.69, 9.17) is 9.57 Å². The Balaban J connectivity index is 4.02. The topological polar surface area (TPSA) is 18.5 Å². The van der Waals surface area contributed by atoms with Crippen LogP contribution in [0.15, 0.2) is 0 Å². The Morgan fingerprint density at radius 3 is 1.92 bits per heavy atom. The van der Waals surface area contributed by atoms with Gasteiger partial charge in [-0.15, -0.1) is 0 Å². The van der Waals surface area contributed by atoms with Crippen LogP contribution in [-0.2, 0) is 9.57 Å². The highest BCUT2D eigenvalue weighted by Gasteiger charge is 2.23. The lowest BCUT2D eigenvalue weighted by Gasteiger charge is -2.32. The maximum atomic E-state index is 5.84. The lowest BCUT2D eigenvalue weighted by atomic mass is 10.5. The van der Waals surface area contributed by atoms with E-state index < -0.39 is 0 Å². The number of hydrogen-bond acceptors (Lipinski definition) is 2. The summed E-state index contributed by atoms with van der Waals surface area (Å²) in [5, 5.41) is 0. The van der Waals surface area contributed by atoms with Crippen molar-refractivity contribution >= 4 is 0 Å². The molecule has 0 rings (SSSR count). The maximum Gasteiger partial charge on any atom is 0.215 e. The van der Waals surface area contributed by atoms with Gasteiger partial charge in [-0.3, -0.25) is 0 Å². The zero-order valence-corrected chi connectivity index (χ0v) is 9.67. The fraction of sp³-hybridized carbons (Fsp3) is 1.00. The van der Waals surface area contributed by atoms with Gasteiger partial charge in [0.1, 0.15) is 13.1 Å². The Morgan fingerprint density at radius 1 is 1.08 bits per heavy atom. The number of quaternary nitrogens is 1. The van der Waals surface area contributed by atoms with Crippen LogP contribution >= 0.6 is 0 Å². The van der Waals surface area contributed by atoms with Crippen LogP contribution in [0.25, 0.3) is 0 Å². The molecule has 0 bridgehead atoms. The number of ether oxygens (including phenoxy) is 1. The molecule has 0 heterocycles. The van der Waals surface area contributed by atoms with Crippen LogP contribution in [-0.4, -0.2) is 37.7 Å². The second-order valence-corrected chi connectivity index (χ2v) is 3.33. The molecule has 0 saturated carbocycles. The van der Waals surface area contributed by atoms with E-state index in [0.29, 0.717) is 11.3 Å². The van der Waals surface area contributed by atoms with Gasteiger partial charge in [0.15, 0.2) is 0 Å². The molecule has 0 N–H and O–H groups in total. The summed E-state index contributed by atoms with van der Waals surface area (Å²) < 4.78 is 6.08. The predicted octanol–water partition coefficient (Wildman–Crippen LogP) is 2.18. The van der Waals surface area contributed by atoms with E-state index in [1.54, 1.807) is 0 Å². The van der Waals surface area contributed by atoms with Crippen molar-refractivity contribution in [3.8, 4) is 0 Å². The third kappa shape index (κ3) is 4.60. The van der Waals surface area contributed by atoms with E-state index in [1.807, 2.05) is 6.92 Å². The van der Waals surface area contributed by atoms with Crippen LogP contribution in [0.1, 0.15) is 34.1 Å². The summed E-state index contributed by atoms with van der Waals surface area (Å²) in [5.74, 6) is 0. The molecule has 0 amide bonds. The van der Waals surface area contributed by atoms with Gasteiger partial charge in [0.25, 0.3) is 0 Å². The largest absolute Gasteiger partial charge is 0.348 e. The minimum absolute atomic E-state index is 0.0603. The second kappa shape index (κ2) is 6.35. The van der Waals surface area contributed by atoms with Crippen molar-refractivity contribution in [3.63, 3.8) is 0 Å². The summed E-state index contributed by atoms with van der Waals surface area (Å²) in [4.78, 5) is 5.84. The molecule has 0 aromatic carbocycles. The van der Waals surface area contributed by atoms with Crippen molar-refractivity contribution in [2.24, 2.45) is 0 Å². The first-order valence-electron chi connectivity index (χ1n) is 5.26. The Morgan fingerprint density at radius 2 is 1.62 bits per heavy atom. The first-order chi connectivity index (χ1) is 6.11. The van der Waals surface area contributed by atoms with E-state index >= 15 is 0 Å². The van der Waals surface area contributed by atoms with Crippen molar-refractivity contribution in [1.82, 2.24) is 0 Å². The Labute approximate surface area is 82.2 Å². The molecule has 0 saturated heterocycles. The van der Waals surface area contributed by atoms with Crippen LogP contribution in [0.4, 0.5) is 0 Å². The average Bonchev–Trinajstić information content (AvgIpc) is 2.17. The maximum absolute atomic E-state index is 5.84. The van der Waals surface area contributed by atoms with Gasteiger partial charge in [0, 0.05) is 13.0 Å². The minimum Gasteiger partial charge on any atom is -0.348 e. The Hall–Kier alpha value is -0.120. The average molecular weight is 190 g/mol. The van der Waals surface area contributed by atoms with Gasteiger partial charge in [-0.2, -0.15) is 9.48 Å². The highest BCUT2D eigenvalue weighted by Crippen LogP contribution is 2.10. The van der Waals surface area contributed by atoms with E-state index in [-0.39, 0.29) is 6.29 Å². The molecule has 0 aromatic rings. The molecule has 13 heavy (non-hydrogen) atoms. The molecule has 0 aliphatic rings. The van der Waals surface area contributed by atoms with E-state index in [9.17, 15) is 0 Å². The third-order valence-corrected chi connectivity index (χ3v) is 2.40. The number of hydrogen-bond donors (Lipinski definition) is 0. The van der Waals surface area contributed by atoms with Crippen molar-refractivity contribution in [3.05, 3.63) is 0 Å². The van der Waals surface area contributed by atoms with Gasteiger partial charge < -0.3 is 4.74 Å². The number of hydroxylamine groups is 3. The zero-order valence-electron chi connectivity index (χ0n) is 9.67. The summed E-state index contributed by atoms with van der Waals surface area (Å²) in [6.07, 6.45) is 0.844. The van der Waals surface area contributed by atoms with Gasteiger partial charge in [-0.05, 0) is 20.8 Å². The summed E-state index contributed by atoms with van der Waals surface area (Å²) in [7, 11) is 2.08. The van der Waals surface area contributed by atoms with Crippen molar-refractivity contribution in [2.45, 2.75) is 40.4 Å². The minimum atomic E-state index is -0.0603. The molecule has 0 spiro atoms. The van der Waals surface area contributed by atoms with Crippen LogP contribution < -0.4 is 0 Å². The van der Waals surface area contributed by atoms with Crippen molar-refractivity contribution in [1.29, 1.82) is 0 Å². The molecule has 0 aliphatic heterocycles. The lowest BCUT2D eigenvalue weighted by Crippen LogP contribution is -2.46. The van der Waals surface area contributed by atoms with Crippen LogP contribution in [0, 0.1) is 0 Å². The monoisotopic (exact) mass is 190 g/mol. The van der Waals surface area contributed by atoms with Gasteiger partial charge in [-0.1, -0.05) is 6.92 Å². The predicted molar refractivity (Wildman–Crippen MR) is 54.1 cm³/mol. The first-order valence-corrected chi connectivity index (χ1v) is 5.26. The second-order valence-electron chi connectivity index (χ2n) is 3.33. The molecule has 3 heteroatoms. The van der Waals surface area contributed by atoms with Crippen molar-refractivity contribution < 1.29 is 14.2 Å². The molecular formula is C10H24NO2+. The summed E-state index contributed by atoms with van der Waals surface area (Å²) in [6.45, 7) is 11.0. The molecule has 0 aliphatic carbocycles. The molecule has 0 fully saturated rings. The van der Waals surface area contributed by atoms with Crippen LogP contribution in [0.5, 0.6) is 0 Å². The van der Waals surface area contributed by atoms with E-state index in [0.717, 1.165) is 19.5 Å². The van der Waals surface area contributed by atoms with Crippen LogP contribution in [0.2, 0.25) is 0 Å². The lowest BCUT2D eigenvalue weighted by molar-refractivity contribution is -1.10. The van der Waals surface area contributed by atoms with Crippen molar-refractivity contribution in [2.75, 3.05) is 26.7 Å². The smallest absolute Gasteiger partial charge is 0.215 e. The Bertz CT molecular complexity index is 124. The molecule has 1 unspecified atom stereocenters. The molecular weight excluding hydrogens is 166 g/mol. The molecule has 3 nitrogen and oxygen atoms in total. The highest BCUT2D eigenvalue weighted by atomic mass is 16.8. The number of nitrogens with zero attached hydrogens (tertiary/aromatic N) is 1. The van der Waals surface area contributed by atoms with Crippen LogP contribution in [0.3, 0.4) is 0 Å². The first kappa shape index (κ1) is 12.9. The normalized spacial score (nSPS) is 14.5. The summed E-state index contributed by atoms with van der Waals surface area (Å²) in [6, 6.07) is 0. The van der Waals surface area contributed by atoms with Gasteiger partial charge in [0.2, 0.25) is 6.29 Å². The fourth-order valence-corrected chi connectivity index (χ4v) is 1.07. The Kier molecular flexibility index (Phi) is 6.29. The third-order valence-electron chi connectivity index (χ3n) is 2.40. The molecule has 80 valence electrons. The molecule has 0 aromatic heterocycles. The summed E-state index contributed by atoms with van der Waals surface area (Å²) >= 11 is 0. The SMILES string of the molecule is CCOC(CC)O[N+](C)(CC)CC. The van der Waals surface area contributed by atoms with Gasteiger partial charge in [-0.25, -0.2) is 0 Å². The quantitative estimate of drug-likeness (QED) is 0.348. The van der Waals surface area contributed by atoms with E-state index in [2.05, 4.69) is 27.8 Å². The fourth-order valence-electron chi connectivity index (χ4n) is 1.07. The van der Waals surface area contributed by atoms with E-state index in [1.165, 1.54) is 0 Å². The zero-order chi connectivity index (χ0) is 10.3. The molecule has 0 radical (unpaired) electrons. The summed E-state index contributed by atoms with van der Waals surface area (Å²) in [5.41, 5.74) is 0. The van der Waals surface area contributed by atoms with Gasteiger partial charge >= 0.3 is 0 Å². The molecule has 1 atom stereocenters. The standard InChI is InChI=1S/C10H24NO2/c1-6-10(12-9-4)13-11(5,7-2)8-3/h10H,6-9H2,1-5H3/q+1. The van der Waals surface area contributed by atoms with Gasteiger partial charge in [0.05, 0.1) is 7.05 Å². The number of rotatable bonds is 7.